The van der Waals surface area contributed by atoms with Crippen LogP contribution >= 0.6 is 0 Å². The molecule has 0 spiro atoms. The van der Waals surface area contributed by atoms with E-state index in [0.29, 0.717) is 5.82 Å². The van der Waals surface area contributed by atoms with Crippen LogP contribution in [0.2, 0.25) is 0 Å². The van der Waals surface area contributed by atoms with E-state index in [1.54, 1.807) is 0 Å². The third-order valence-corrected chi connectivity index (χ3v) is 2.53. The highest BCUT2D eigenvalue weighted by Gasteiger charge is 2.10. The number of anilines is 1. The number of aromatic nitrogens is 3. The Bertz CT molecular complexity index is 484. The van der Waals surface area contributed by atoms with Crippen molar-refractivity contribution < 1.29 is 0 Å². The van der Waals surface area contributed by atoms with E-state index in [1.807, 2.05) is 13.8 Å². The zero-order chi connectivity index (χ0) is 10.3. The van der Waals surface area contributed by atoms with Crippen molar-refractivity contribution in [1.82, 2.24) is 15.0 Å². The number of nitrogens with two attached hydrogens (primary N) is 1. The van der Waals surface area contributed by atoms with E-state index in [1.165, 1.54) is 0 Å². The lowest BCUT2D eigenvalue weighted by molar-refractivity contribution is 1.000. The molecule has 14 heavy (non-hydrogen) atoms. The number of nitrogens with zero attached hydrogens (tertiary/aromatic N) is 2. The lowest BCUT2D eigenvalue weighted by atomic mass is 10.2. The molecule has 4 nitrogen and oxygen atoms in total. The summed E-state index contributed by atoms with van der Waals surface area (Å²) < 4.78 is 0. The minimum Gasteiger partial charge on any atom is -0.382 e. The summed E-state index contributed by atoms with van der Waals surface area (Å²) in [6.45, 7) is 6.03. The van der Waals surface area contributed by atoms with Gasteiger partial charge in [0.25, 0.3) is 0 Å². The second-order valence-electron chi connectivity index (χ2n) is 3.47. The average molecular weight is 190 g/mol. The first-order valence-corrected chi connectivity index (χ1v) is 4.74. The minimum absolute atomic E-state index is 0.537. The molecule has 3 N–H and O–H groups in total. The standard InChI is InChI=1S/C10H14N4/c1-4-7-13-8-5(2)6(3)12-10(11)9(8)14-7/h4H2,1-3H3,(H2,11,12)(H,13,14). The number of rotatable bonds is 1. The van der Waals surface area contributed by atoms with Crippen LogP contribution in [0.25, 0.3) is 11.0 Å². The molecule has 0 aliphatic heterocycles. The van der Waals surface area contributed by atoms with E-state index in [4.69, 9.17) is 5.73 Å². The summed E-state index contributed by atoms with van der Waals surface area (Å²) in [5.74, 6) is 1.50. The monoisotopic (exact) mass is 190 g/mol. The van der Waals surface area contributed by atoms with Crippen LogP contribution in [-0.2, 0) is 6.42 Å². The lowest BCUT2D eigenvalue weighted by Gasteiger charge is -2.01. The van der Waals surface area contributed by atoms with Gasteiger partial charge in [-0.2, -0.15) is 0 Å². The average Bonchev–Trinajstić information content (AvgIpc) is 2.58. The predicted molar refractivity (Wildman–Crippen MR) is 57.2 cm³/mol. The molecular formula is C10H14N4. The van der Waals surface area contributed by atoms with Crippen LogP contribution in [0.1, 0.15) is 24.0 Å². The van der Waals surface area contributed by atoms with E-state index >= 15 is 0 Å². The number of pyridine rings is 1. The van der Waals surface area contributed by atoms with Crippen LogP contribution in [0, 0.1) is 13.8 Å². The maximum atomic E-state index is 5.81. The molecule has 2 heterocycles. The SMILES string of the molecule is CCc1nc2c(C)c(C)nc(N)c2[nH]1. The summed E-state index contributed by atoms with van der Waals surface area (Å²) in [5, 5.41) is 0. The van der Waals surface area contributed by atoms with E-state index in [9.17, 15) is 0 Å². The highest BCUT2D eigenvalue weighted by molar-refractivity contribution is 5.87. The third kappa shape index (κ3) is 1.14. The van der Waals surface area contributed by atoms with Crippen molar-refractivity contribution in [2.45, 2.75) is 27.2 Å². The van der Waals surface area contributed by atoms with Gasteiger partial charge >= 0.3 is 0 Å². The number of hydrogen-bond acceptors (Lipinski definition) is 3. The van der Waals surface area contributed by atoms with Crippen molar-refractivity contribution in [3.63, 3.8) is 0 Å². The molecule has 0 bridgehead atoms. The molecule has 4 heteroatoms. The summed E-state index contributed by atoms with van der Waals surface area (Å²) in [5.41, 5.74) is 9.68. The summed E-state index contributed by atoms with van der Waals surface area (Å²) in [4.78, 5) is 11.9. The zero-order valence-electron chi connectivity index (χ0n) is 8.68. The Hall–Kier alpha value is -1.58. The molecule has 0 aliphatic carbocycles. The number of fused-ring (bicyclic) bond motifs is 1. The second-order valence-corrected chi connectivity index (χ2v) is 3.47. The summed E-state index contributed by atoms with van der Waals surface area (Å²) in [6, 6.07) is 0. The Labute approximate surface area is 82.6 Å². The number of nitrogens with one attached hydrogen (secondary N) is 1. The molecule has 0 fully saturated rings. The quantitative estimate of drug-likeness (QED) is 0.719. The van der Waals surface area contributed by atoms with Crippen molar-refractivity contribution in [3.8, 4) is 0 Å². The summed E-state index contributed by atoms with van der Waals surface area (Å²) >= 11 is 0. The van der Waals surface area contributed by atoms with Crippen molar-refractivity contribution >= 4 is 16.9 Å². The van der Waals surface area contributed by atoms with Crippen LogP contribution in [-0.4, -0.2) is 15.0 Å². The van der Waals surface area contributed by atoms with E-state index in [2.05, 4.69) is 21.9 Å². The number of aryl methyl sites for hydroxylation is 3. The van der Waals surface area contributed by atoms with Gasteiger partial charge in [-0.05, 0) is 19.4 Å². The number of H-pyrrole nitrogens is 1. The number of imidazole rings is 1. The first-order valence-electron chi connectivity index (χ1n) is 4.74. The second kappa shape index (κ2) is 2.97. The molecule has 0 saturated carbocycles. The Morgan fingerprint density at radius 2 is 2.00 bits per heavy atom. The van der Waals surface area contributed by atoms with Gasteiger partial charge in [0.15, 0.2) is 0 Å². The van der Waals surface area contributed by atoms with Crippen LogP contribution in [0.4, 0.5) is 5.82 Å². The third-order valence-electron chi connectivity index (χ3n) is 2.53. The molecule has 0 saturated heterocycles. The molecular weight excluding hydrogens is 176 g/mol. The van der Waals surface area contributed by atoms with E-state index in [0.717, 1.165) is 34.5 Å². The molecule has 74 valence electrons. The fourth-order valence-corrected chi connectivity index (χ4v) is 1.54. The molecule has 2 rings (SSSR count). The molecule has 2 aromatic rings. The zero-order valence-corrected chi connectivity index (χ0v) is 8.68. The molecule has 0 aromatic carbocycles. The van der Waals surface area contributed by atoms with Gasteiger partial charge in [-0.1, -0.05) is 6.92 Å². The fourth-order valence-electron chi connectivity index (χ4n) is 1.54. The smallest absolute Gasteiger partial charge is 0.149 e. The van der Waals surface area contributed by atoms with Crippen molar-refractivity contribution in [3.05, 3.63) is 17.1 Å². The first kappa shape index (κ1) is 8.99. The van der Waals surface area contributed by atoms with Gasteiger partial charge < -0.3 is 10.7 Å². The highest BCUT2D eigenvalue weighted by atomic mass is 15.0. The molecule has 0 aliphatic rings. The first-order chi connectivity index (χ1) is 6.63. The number of nitrogen functional groups attached to an aromatic ring is 1. The fraction of sp³-hybridized carbons (Fsp3) is 0.400. The van der Waals surface area contributed by atoms with Crippen LogP contribution < -0.4 is 5.73 Å². The molecule has 2 aromatic heterocycles. The van der Waals surface area contributed by atoms with Gasteiger partial charge in [0.1, 0.15) is 17.2 Å². The molecule has 0 amide bonds. The van der Waals surface area contributed by atoms with Gasteiger partial charge in [0.05, 0.1) is 5.52 Å². The largest absolute Gasteiger partial charge is 0.382 e. The minimum atomic E-state index is 0.537. The Morgan fingerprint density at radius 3 is 2.64 bits per heavy atom. The van der Waals surface area contributed by atoms with Gasteiger partial charge in [0.2, 0.25) is 0 Å². The van der Waals surface area contributed by atoms with Crippen molar-refractivity contribution in [2.24, 2.45) is 0 Å². The molecule has 0 atom stereocenters. The molecule has 0 unspecified atom stereocenters. The van der Waals surface area contributed by atoms with Gasteiger partial charge in [-0.15, -0.1) is 0 Å². The number of hydrogen-bond donors (Lipinski definition) is 2. The molecule has 0 radical (unpaired) electrons. The lowest BCUT2D eigenvalue weighted by Crippen LogP contribution is -1.96. The van der Waals surface area contributed by atoms with E-state index < -0.39 is 0 Å². The van der Waals surface area contributed by atoms with Crippen LogP contribution in [0.5, 0.6) is 0 Å². The normalized spacial score (nSPS) is 11.1. The van der Waals surface area contributed by atoms with Crippen molar-refractivity contribution in [2.75, 3.05) is 5.73 Å². The summed E-state index contributed by atoms with van der Waals surface area (Å²) in [7, 11) is 0. The predicted octanol–water partition coefficient (Wildman–Crippen LogP) is 1.72. The van der Waals surface area contributed by atoms with Crippen LogP contribution in [0.3, 0.4) is 0 Å². The van der Waals surface area contributed by atoms with Gasteiger partial charge in [-0.25, -0.2) is 9.97 Å². The van der Waals surface area contributed by atoms with Crippen molar-refractivity contribution in [1.29, 1.82) is 0 Å². The maximum absolute atomic E-state index is 5.81. The Balaban J connectivity index is 2.84. The van der Waals surface area contributed by atoms with Crippen LogP contribution in [0.15, 0.2) is 0 Å². The topological polar surface area (TPSA) is 67.6 Å². The summed E-state index contributed by atoms with van der Waals surface area (Å²) in [6.07, 6.45) is 0.882. The Morgan fingerprint density at radius 1 is 1.29 bits per heavy atom. The Kier molecular flexibility index (Phi) is 1.91. The number of aromatic amines is 1. The van der Waals surface area contributed by atoms with Gasteiger partial charge in [0, 0.05) is 12.1 Å². The maximum Gasteiger partial charge on any atom is 0.149 e. The van der Waals surface area contributed by atoms with Gasteiger partial charge in [-0.3, -0.25) is 0 Å². The van der Waals surface area contributed by atoms with E-state index in [-0.39, 0.29) is 0 Å². The highest BCUT2D eigenvalue weighted by Crippen LogP contribution is 2.22.